The molecule has 0 aromatic rings. The fourth-order valence-corrected chi connectivity index (χ4v) is 12.5. The van der Waals surface area contributed by atoms with Crippen LogP contribution in [0.1, 0.15) is 113 Å². The third kappa shape index (κ3) is 4.83. The molecule has 0 aromatic heterocycles. The van der Waals surface area contributed by atoms with E-state index >= 15 is 0 Å². The summed E-state index contributed by atoms with van der Waals surface area (Å²) in [6, 6.07) is 0. The molecular weight excluding hydrogens is 535 g/mol. The fourth-order valence-electron chi connectivity index (χ4n) is 12.1. The molecule has 8 heteroatoms. The van der Waals surface area contributed by atoms with E-state index in [9.17, 15) is 17.8 Å². The van der Waals surface area contributed by atoms with Crippen LogP contribution in [0.5, 0.6) is 0 Å². The van der Waals surface area contributed by atoms with Crippen molar-refractivity contribution in [1.82, 2.24) is 0 Å². The predicted molar refractivity (Wildman–Crippen MR) is 150 cm³/mol. The molecule has 5 aliphatic carbocycles. The third-order valence-electron chi connectivity index (χ3n) is 14.0. The van der Waals surface area contributed by atoms with Gasteiger partial charge in [0.25, 0.3) is 0 Å². The van der Waals surface area contributed by atoms with E-state index in [-0.39, 0.29) is 75.3 Å². The molecule has 5 saturated carbocycles. The summed E-state index contributed by atoms with van der Waals surface area (Å²) in [6.07, 6.45) is 10.5. The molecule has 6 nitrogen and oxygen atoms in total. The van der Waals surface area contributed by atoms with E-state index in [1.54, 1.807) is 0 Å². The zero-order valence-electron chi connectivity index (χ0n) is 26.3. The molecule has 0 amide bonds. The van der Waals surface area contributed by atoms with Crippen LogP contribution in [0, 0.1) is 56.7 Å². The van der Waals surface area contributed by atoms with Crippen molar-refractivity contribution in [3.05, 3.63) is 12.2 Å². The van der Waals surface area contributed by atoms with Gasteiger partial charge in [0.1, 0.15) is 6.10 Å². The van der Waals surface area contributed by atoms with Crippen LogP contribution in [0.15, 0.2) is 12.2 Å². The van der Waals surface area contributed by atoms with E-state index in [4.69, 9.17) is 8.92 Å². The van der Waals surface area contributed by atoms with Gasteiger partial charge in [-0.3, -0.25) is 8.98 Å². The van der Waals surface area contributed by atoms with E-state index in [1.807, 2.05) is 0 Å². The first-order valence-corrected chi connectivity index (χ1v) is 16.7. The minimum atomic E-state index is -4.73. The van der Waals surface area contributed by atoms with E-state index in [1.165, 1.54) is 25.3 Å². The van der Waals surface area contributed by atoms with E-state index in [0.29, 0.717) is 29.6 Å². The van der Waals surface area contributed by atoms with Gasteiger partial charge < -0.3 is 9.29 Å². The molecule has 222 valence electrons. The van der Waals surface area contributed by atoms with Gasteiger partial charge in [-0.15, -0.1) is 0 Å². The quantitative estimate of drug-likeness (QED) is 0.159. The van der Waals surface area contributed by atoms with Gasteiger partial charge in [0, 0.05) is 12.3 Å². The normalized spacial score (nSPS) is 47.5. The first-order chi connectivity index (χ1) is 17.9. The molecule has 0 aliphatic heterocycles. The molecule has 5 fully saturated rings. The first kappa shape index (κ1) is 33.0. The smallest absolute Gasteiger partial charge is 0.726 e. The Morgan fingerprint density at radius 1 is 0.875 bits per heavy atom. The van der Waals surface area contributed by atoms with Gasteiger partial charge >= 0.3 is 35.5 Å². The molecule has 0 saturated heterocycles. The third-order valence-corrected chi connectivity index (χ3v) is 14.4. The summed E-state index contributed by atoms with van der Waals surface area (Å²) in [6.45, 7) is 20.4. The minimum Gasteiger partial charge on any atom is -0.726 e. The predicted octanol–water partition coefficient (Wildman–Crippen LogP) is 4.06. The largest absolute Gasteiger partial charge is 1.00 e. The zero-order chi connectivity index (χ0) is 28.8. The van der Waals surface area contributed by atoms with Gasteiger partial charge in [0.05, 0.1) is 6.61 Å². The van der Waals surface area contributed by atoms with Gasteiger partial charge in [-0.1, -0.05) is 46.8 Å². The Labute approximate surface area is 265 Å². The monoisotopic (exact) mass is 586 g/mol. The van der Waals surface area contributed by atoms with Crippen molar-refractivity contribution >= 4 is 16.4 Å². The van der Waals surface area contributed by atoms with Crippen molar-refractivity contribution in [2.75, 3.05) is 6.61 Å². The van der Waals surface area contributed by atoms with Gasteiger partial charge in [0.2, 0.25) is 10.4 Å². The number of rotatable bonds is 5. The number of fused-ring (bicyclic) bond motifs is 7. The molecule has 5 aliphatic rings. The van der Waals surface area contributed by atoms with Crippen molar-refractivity contribution in [2.45, 2.75) is 119 Å². The first-order valence-electron chi connectivity index (χ1n) is 15.3. The number of allylic oxidation sites excluding steroid dienone is 1. The molecule has 0 unspecified atom stereocenters. The maximum atomic E-state index is 11.9. The summed E-state index contributed by atoms with van der Waals surface area (Å²) >= 11 is 0. The van der Waals surface area contributed by atoms with Crippen LogP contribution < -0.4 is 29.6 Å². The number of hydrogen-bond acceptors (Lipinski definition) is 6. The molecule has 10 atom stereocenters. The van der Waals surface area contributed by atoms with E-state index in [2.05, 4.69) is 48.1 Å². The Morgan fingerprint density at radius 3 is 2.15 bits per heavy atom. The average molecular weight is 587 g/mol. The van der Waals surface area contributed by atoms with E-state index in [0.717, 1.165) is 51.4 Å². The second-order valence-electron chi connectivity index (χ2n) is 15.7. The second-order valence-corrected chi connectivity index (χ2v) is 16.7. The van der Waals surface area contributed by atoms with Crippen molar-refractivity contribution in [3.63, 3.8) is 0 Å². The number of carbonyl (C=O) groups is 1. The van der Waals surface area contributed by atoms with Crippen molar-refractivity contribution in [2.24, 2.45) is 56.7 Å². The Hall–Kier alpha value is 0.0800. The zero-order valence-corrected chi connectivity index (χ0v) is 29.1. The summed E-state index contributed by atoms with van der Waals surface area (Å²) in [7, 11) is -4.73. The van der Waals surface area contributed by atoms with Crippen molar-refractivity contribution in [3.8, 4) is 0 Å². The molecule has 5 rings (SSSR count). The maximum absolute atomic E-state index is 11.9. The van der Waals surface area contributed by atoms with Gasteiger partial charge in [-0.2, -0.15) is 0 Å². The fraction of sp³-hybridized carbons (Fsp3) is 0.906. The molecule has 0 spiro atoms. The SMILES string of the molecule is C=C(C)[C@@H]1CC[C@]2(COS(=O)(=O)[O-])CC[C@]3(C)[C@H](CC[C@@H]4[C@@]5(C)CC[C@H](OC(C)=O)C(C)(C)[C@@H]5CC[C@]43C)[C@@H]12.[Na+]. The number of hydrogen-bond donors (Lipinski definition) is 0. The standard InChI is InChI=1S/C32H52O6S.Na/c1-20(2)22-11-16-32(19-37-39(34,35)36)18-17-30(7)23(27(22)32)9-10-25-29(6)14-13-26(38-21(3)33)28(4,5)24(29)12-15-31(25,30)8;/h22-27H,1,9-19H2,2-8H3,(H,34,35,36);/q;+1/p-1/t22-,23+,24-,25+,26-,27+,29-,30+,31+,32+;/m0./s1. The van der Waals surface area contributed by atoms with Crippen LogP contribution in [0.3, 0.4) is 0 Å². The second kappa shape index (κ2) is 10.6. The molecule has 0 heterocycles. The van der Waals surface area contributed by atoms with Crippen LogP contribution in [-0.4, -0.2) is 31.7 Å². The van der Waals surface area contributed by atoms with Crippen molar-refractivity contribution in [1.29, 1.82) is 0 Å². The van der Waals surface area contributed by atoms with Gasteiger partial charge in [-0.25, -0.2) is 8.42 Å². The summed E-state index contributed by atoms with van der Waals surface area (Å²) in [4.78, 5) is 11.9. The molecule has 0 bridgehead atoms. The summed E-state index contributed by atoms with van der Waals surface area (Å²) in [5.41, 5.74) is 1.36. The van der Waals surface area contributed by atoms with Crippen LogP contribution in [0.4, 0.5) is 0 Å². The topological polar surface area (TPSA) is 92.7 Å². The van der Waals surface area contributed by atoms with Crippen LogP contribution in [0.25, 0.3) is 0 Å². The number of carbonyl (C=O) groups excluding carboxylic acids is 1. The maximum Gasteiger partial charge on any atom is 1.00 e. The Kier molecular flexibility index (Phi) is 8.75. The summed E-state index contributed by atoms with van der Waals surface area (Å²) in [5, 5.41) is 0. The molecule has 0 N–H and O–H groups in total. The van der Waals surface area contributed by atoms with Crippen LogP contribution in [0.2, 0.25) is 0 Å². The van der Waals surface area contributed by atoms with Crippen molar-refractivity contribution < 1.29 is 56.2 Å². The Bertz CT molecular complexity index is 1140. The summed E-state index contributed by atoms with van der Waals surface area (Å²) < 4.78 is 45.5. The Morgan fingerprint density at radius 2 is 1.55 bits per heavy atom. The molecule has 40 heavy (non-hydrogen) atoms. The van der Waals surface area contributed by atoms with Gasteiger partial charge in [-0.05, 0) is 122 Å². The van der Waals surface area contributed by atoms with Crippen LogP contribution >= 0.6 is 0 Å². The van der Waals surface area contributed by atoms with Gasteiger partial charge in [0.15, 0.2) is 0 Å². The number of ether oxygens (including phenoxy) is 1. The molecule has 0 aromatic carbocycles. The number of esters is 1. The van der Waals surface area contributed by atoms with Crippen LogP contribution in [-0.2, 0) is 24.1 Å². The average Bonchev–Trinajstić information content (AvgIpc) is 3.20. The minimum absolute atomic E-state index is 0. The summed E-state index contributed by atoms with van der Waals surface area (Å²) in [5.74, 6) is 2.04. The molecule has 0 radical (unpaired) electrons. The molecular formula is C32H51NaO6S. The van der Waals surface area contributed by atoms with E-state index < -0.39 is 10.4 Å². The Balaban J connectivity index is 0.00000370.